The second kappa shape index (κ2) is 9.64. The Morgan fingerprint density at radius 1 is 0.867 bits per heavy atom. The summed E-state index contributed by atoms with van der Waals surface area (Å²) in [6.07, 6.45) is 10.4. The zero-order chi connectivity index (χ0) is 20.9. The number of unbranched alkanes of at least 4 members (excludes halogenated alkanes) is 2. The van der Waals surface area contributed by atoms with Crippen LogP contribution in [0.3, 0.4) is 0 Å². The van der Waals surface area contributed by atoms with Gasteiger partial charge < -0.3 is 4.74 Å². The first-order valence-corrected chi connectivity index (χ1v) is 11.6. The minimum Gasteiger partial charge on any atom is -0.497 e. The fourth-order valence-electron chi connectivity index (χ4n) is 5.01. The Balaban J connectivity index is 1.47. The molecule has 0 amide bonds. The zero-order valence-electron chi connectivity index (χ0n) is 18.3. The Hall–Kier alpha value is -2.35. The number of hydrogen-bond donors (Lipinski definition) is 0. The first kappa shape index (κ1) is 20.9. The molecule has 1 saturated carbocycles. The van der Waals surface area contributed by atoms with Crippen LogP contribution in [0.1, 0.15) is 69.8 Å². The van der Waals surface area contributed by atoms with E-state index < -0.39 is 0 Å². The molecule has 1 aliphatic carbocycles. The van der Waals surface area contributed by atoms with Crippen molar-refractivity contribution in [3.8, 4) is 16.9 Å². The van der Waals surface area contributed by atoms with Crippen molar-refractivity contribution in [1.82, 2.24) is 0 Å². The lowest BCUT2D eigenvalue weighted by Gasteiger charge is -2.29. The normalized spacial score (nSPS) is 19.2. The second-order valence-corrected chi connectivity index (χ2v) is 8.88. The van der Waals surface area contributed by atoms with Crippen molar-refractivity contribution >= 4 is 10.8 Å². The Kier molecular flexibility index (Phi) is 6.72. The quantitative estimate of drug-likeness (QED) is 0.359. The molecule has 0 N–H and O–H groups in total. The van der Waals surface area contributed by atoms with Gasteiger partial charge in [0.15, 0.2) is 0 Å². The summed E-state index contributed by atoms with van der Waals surface area (Å²) in [5, 5.41) is 2.20. The van der Waals surface area contributed by atoms with Crippen molar-refractivity contribution in [3.63, 3.8) is 0 Å². The van der Waals surface area contributed by atoms with Crippen LogP contribution in [0.5, 0.6) is 5.75 Å². The fourth-order valence-corrected chi connectivity index (χ4v) is 5.01. The van der Waals surface area contributed by atoms with E-state index in [-0.39, 0.29) is 5.82 Å². The van der Waals surface area contributed by atoms with Gasteiger partial charge in [0.05, 0.1) is 7.11 Å². The van der Waals surface area contributed by atoms with Gasteiger partial charge in [0.2, 0.25) is 0 Å². The number of halogens is 1. The third-order valence-electron chi connectivity index (χ3n) is 6.89. The van der Waals surface area contributed by atoms with E-state index in [1.54, 1.807) is 13.2 Å². The number of methoxy groups -OCH3 is 1. The lowest BCUT2D eigenvalue weighted by Crippen LogP contribution is -2.13. The molecule has 4 rings (SSSR count). The van der Waals surface area contributed by atoms with Crippen LogP contribution in [-0.2, 0) is 0 Å². The van der Waals surface area contributed by atoms with E-state index in [9.17, 15) is 0 Å². The maximum atomic E-state index is 15.1. The standard InChI is InChI=1S/C28H33FO/c1-3-4-5-6-20-7-9-21(10-8-20)24-14-16-27(28(29)19-24)25-12-11-23-18-26(30-2)15-13-22(23)17-25/h11-21H,3-10H2,1-2H3. The second-order valence-electron chi connectivity index (χ2n) is 8.88. The van der Waals surface area contributed by atoms with Crippen LogP contribution in [0.15, 0.2) is 54.6 Å². The van der Waals surface area contributed by atoms with Crippen molar-refractivity contribution in [3.05, 3.63) is 66.0 Å². The molecule has 0 saturated heterocycles. The van der Waals surface area contributed by atoms with Crippen LogP contribution in [0.25, 0.3) is 21.9 Å². The molecule has 0 spiro atoms. The molecule has 158 valence electrons. The Labute approximate surface area is 180 Å². The molecule has 0 atom stereocenters. The molecule has 2 heteroatoms. The average molecular weight is 405 g/mol. The van der Waals surface area contributed by atoms with E-state index in [4.69, 9.17) is 4.74 Å². The van der Waals surface area contributed by atoms with Crippen molar-refractivity contribution in [2.75, 3.05) is 7.11 Å². The molecule has 3 aromatic rings. The van der Waals surface area contributed by atoms with Crippen LogP contribution < -0.4 is 4.74 Å². The number of rotatable bonds is 7. The number of hydrogen-bond acceptors (Lipinski definition) is 1. The molecule has 30 heavy (non-hydrogen) atoms. The highest BCUT2D eigenvalue weighted by atomic mass is 19.1. The Morgan fingerprint density at radius 2 is 1.63 bits per heavy atom. The monoisotopic (exact) mass is 404 g/mol. The minimum absolute atomic E-state index is 0.106. The molecule has 1 nitrogen and oxygen atoms in total. The van der Waals surface area contributed by atoms with E-state index in [1.807, 2.05) is 36.4 Å². The van der Waals surface area contributed by atoms with Crippen LogP contribution in [0, 0.1) is 11.7 Å². The maximum Gasteiger partial charge on any atom is 0.131 e. The van der Waals surface area contributed by atoms with E-state index in [2.05, 4.69) is 19.1 Å². The third kappa shape index (κ3) is 4.69. The van der Waals surface area contributed by atoms with Crippen molar-refractivity contribution in [2.45, 2.75) is 64.2 Å². The van der Waals surface area contributed by atoms with E-state index >= 15 is 4.39 Å². The molecule has 0 unspecified atom stereocenters. The zero-order valence-corrected chi connectivity index (χ0v) is 18.3. The summed E-state index contributed by atoms with van der Waals surface area (Å²) < 4.78 is 20.4. The molecule has 0 aromatic heterocycles. The predicted molar refractivity (Wildman–Crippen MR) is 125 cm³/mol. The topological polar surface area (TPSA) is 9.23 Å². The Bertz CT molecular complexity index is 985. The molecular formula is C28H33FO. The highest BCUT2D eigenvalue weighted by Crippen LogP contribution is 2.39. The SMILES string of the molecule is CCCCCC1CCC(c2ccc(-c3ccc4cc(OC)ccc4c3)c(F)c2)CC1. The van der Waals surface area contributed by atoms with E-state index in [1.165, 1.54) is 56.9 Å². The highest BCUT2D eigenvalue weighted by molar-refractivity contribution is 5.88. The van der Waals surface area contributed by atoms with Gasteiger partial charge in [-0.05, 0) is 83.7 Å². The summed E-state index contributed by atoms with van der Waals surface area (Å²) in [6.45, 7) is 2.27. The minimum atomic E-state index is -0.106. The summed E-state index contributed by atoms with van der Waals surface area (Å²) in [7, 11) is 1.67. The van der Waals surface area contributed by atoms with Crippen LogP contribution in [0.4, 0.5) is 4.39 Å². The first-order chi connectivity index (χ1) is 14.7. The third-order valence-corrected chi connectivity index (χ3v) is 6.89. The summed E-state index contributed by atoms with van der Waals surface area (Å²) in [6, 6.07) is 18.0. The number of ether oxygens (including phenoxy) is 1. The summed E-state index contributed by atoms with van der Waals surface area (Å²) in [5.41, 5.74) is 2.79. The fraction of sp³-hybridized carbons (Fsp3) is 0.429. The van der Waals surface area contributed by atoms with Gasteiger partial charge in [0.25, 0.3) is 0 Å². The maximum absolute atomic E-state index is 15.1. The van der Waals surface area contributed by atoms with Gasteiger partial charge in [0.1, 0.15) is 11.6 Å². The molecule has 0 aliphatic heterocycles. The van der Waals surface area contributed by atoms with Crippen molar-refractivity contribution in [2.24, 2.45) is 5.92 Å². The Morgan fingerprint density at radius 3 is 2.37 bits per heavy atom. The molecule has 1 fully saturated rings. The smallest absolute Gasteiger partial charge is 0.131 e. The van der Waals surface area contributed by atoms with Gasteiger partial charge in [-0.15, -0.1) is 0 Å². The highest BCUT2D eigenvalue weighted by Gasteiger charge is 2.23. The summed E-state index contributed by atoms with van der Waals surface area (Å²) >= 11 is 0. The van der Waals surface area contributed by atoms with Gasteiger partial charge in [-0.25, -0.2) is 4.39 Å². The van der Waals surface area contributed by atoms with E-state index in [0.717, 1.165) is 28.0 Å². The molecular weight excluding hydrogens is 371 g/mol. The summed E-state index contributed by atoms with van der Waals surface area (Å²) in [4.78, 5) is 0. The molecule has 0 radical (unpaired) electrons. The van der Waals surface area contributed by atoms with Gasteiger partial charge in [-0.2, -0.15) is 0 Å². The average Bonchev–Trinajstić information content (AvgIpc) is 2.79. The van der Waals surface area contributed by atoms with Crippen LogP contribution in [-0.4, -0.2) is 7.11 Å². The molecule has 0 bridgehead atoms. The van der Waals surface area contributed by atoms with Gasteiger partial charge in [-0.1, -0.05) is 62.9 Å². The molecule has 1 aliphatic rings. The summed E-state index contributed by atoms with van der Waals surface area (Å²) in [5.74, 6) is 2.13. The van der Waals surface area contributed by atoms with Gasteiger partial charge in [-0.3, -0.25) is 0 Å². The molecule has 3 aromatic carbocycles. The van der Waals surface area contributed by atoms with E-state index in [0.29, 0.717) is 11.5 Å². The molecule has 0 heterocycles. The lowest BCUT2D eigenvalue weighted by molar-refractivity contribution is 0.302. The lowest BCUT2D eigenvalue weighted by atomic mass is 9.77. The predicted octanol–water partition coefficient (Wildman–Crippen LogP) is 8.51. The number of fused-ring (bicyclic) bond motifs is 1. The van der Waals surface area contributed by atoms with Crippen molar-refractivity contribution < 1.29 is 9.13 Å². The van der Waals surface area contributed by atoms with Crippen LogP contribution >= 0.6 is 0 Å². The van der Waals surface area contributed by atoms with Gasteiger partial charge in [0, 0.05) is 5.56 Å². The number of benzene rings is 3. The largest absolute Gasteiger partial charge is 0.497 e. The van der Waals surface area contributed by atoms with Crippen LogP contribution in [0.2, 0.25) is 0 Å². The van der Waals surface area contributed by atoms with Crippen molar-refractivity contribution in [1.29, 1.82) is 0 Å². The first-order valence-electron chi connectivity index (χ1n) is 11.6. The van der Waals surface area contributed by atoms with Gasteiger partial charge >= 0.3 is 0 Å².